The van der Waals surface area contributed by atoms with Crippen LogP contribution < -0.4 is 5.32 Å². The van der Waals surface area contributed by atoms with Crippen LogP contribution in [0.4, 0.5) is 0 Å². The SMILES string of the molecule is CCCNC(c1cccnc1)C1CSCCN1C. The second kappa shape index (κ2) is 7.12. The van der Waals surface area contributed by atoms with Crippen LogP contribution in [0.15, 0.2) is 24.5 Å². The summed E-state index contributed by atoms with van der Waals surface area (Å²) in [7, 11) is 2.24. The van der Waals surface area contributed by atoms with Crippen molar-refractivity contribution in [2.75, 3.05) is 31.6 Å². The van der Waals surface area contributed by atoms with Crippen LogP contribution in [0.3, 0.4) is 0 Å². The number of likely N-dealkylation sites (N-methyl/N-ethyl adjacent to an activating group) is 1. The van der Waals surface area contributed by atoms with E-state index in [1.54, 1.807) is 0 Å². The highest BCUT2D eigenvalue weighted by Crippen LogP contribution is 2.26. The zero-order chi connectivity index (χ0) is 12.8. The first kappa shape index (κ1) is 13.8. The Labute approximate surface area is 114 Å². The van der Waals surface area contributed by atoms with Crippen molar-refractivity contribution < 1.29 is 0 Å². The van der Waals surface area contributed by atoms with E-state index in [-0.39, 0.29) is 0 Å². The normalized spacial score (nSPS) is 22.9. The van der Waals surface area contributed by atoms with Crippen molar-refractivity contribution in [3.63, 3.8) is 0 Å². The average molecular weight is 265 g/mol. The van der Waals surface area contributed by atoms with E-state index in [0.29, 0.717) is 12.1 Å². The van der Waals surface area contributed by atoms with Crippen LogP contribution >= 0.6 is 11.8 Å². The second-order valence-electron chi connectivity index (χ2n) is 4.84. The standard InChI is InChI=1S/C14H23N3S/c1-3-6-16-14(12-5-4-7-15-10-12)13-11-18-9-8-17(13)2/h4-5,7,10,13-14,16H,3,6,8-9,11H2,1-2H3. The third kappa shape index (κ3) is 3.46. The lowest BCUT2D eigenvalue weighted by Crippen LogP contribution is -2.48. The van der Waals surface area contributed by atoms with Crippen LogP contribution in [0.2, 0.25) is 0 Å². The van der Waals surface area contributed by atoms with E-state index < -0.39 is 0 Å². The number of rotatable bonds is 5. The lowest BCUT2D eigenvalue weighted by Gasteiger charge is -2.38. The molecule has 0 saturated carbocycles. The summed E-state index contributed by atoms with van der Waals surface area (Å²) in [4.78, 5) is 6.75. The van der Waals surface area contributed by atoms with Crippen LogP contribution in [-0.2, 0) is 0 Å². The largest absolute Gasteiger partial charge is 0.309 e. The minimum absolute atomic E-state index is 0.399. The van der Waals surface area contributed by atoms with Crippen LogP contribution in [0, 0.1) is 0 Å². The molecule has 1 aliphatic rings. The molecule has 1 aromatic rings. The molecule has 2 rings (SSSR count). The molecule has 0 aliphatic carbocycles. The van der Waals surface area contributed by atoms with Crippen LogP contribution in [0.25, 0.3) is 0 Å². The molecule has 1 fully saturated rings. The van der Waals surface area contributed by atoms with Gasteiger partial charge >= 0.3 is 0 Å². The quantitative estimate of drug-likeness (QED) is 0.883. The fourth-order valence-corrected chi connectivity index (χ4v) is 3.66. The fourth-order valence-electron chi connectivity index (χ4n) is 2.39. The maximum atomic E-state index is 4.27. The minimum atomic E-state index is 0.399. The van der Waals surface area contributed by atoms with Gasteiger partial charge in [-0.3, -0.25) is 9.88 Å². The Morgan fingerprint density at radius 1 is 1.61 bits per heavy atom. The van der Waals surface area contributed by atoms with Gasteiger partial charge in [0.05, 0.1) is 6.04 Å². The summed E-state index contributed by atoms with van der Waals surface area (Å²) in [6.07, 6.45) is 5.01. The lowest BCUT2D eigenvalue weighted by molar-refractivity contribution is 0.215. The zero-order valence-electron chi connectivity index (χ0n) is 11.3. The number of nitrogens with zero attached hydrogens (tertiary/aromatic N) is 2. The Hall–Kier alpha value is -0.580. The van der Waals surface area contributed by atoms with Crippen molar-refractivity contribution >= 4 is 11.8 Å². The van der Waals surface area contributed by atoms with Crippen molar-refractivity contribution in [2.24, 2.45) is 0 Å². The Balaban J connectivity index is 2.13. The van der Waals surface area contributed by atoms with Gasteiger partial charge in [0.15, 0.2) is 0 Å². The van der Waals surface area contributed by atoms with Gasteiger partial charge in [-0.15, -0.1) is 0 Å². The number of hydrogen-bond donors (Lipinski definition) is 1. The predicted molar refractivity (Wildman–Crippen MR) is 79.0 cm³/mol. The van der Waals surface area contributed by atoms with E-state index in [1.165, 1.54) is 30.0 Å². The summed E-state index contributed by atoms with van der Waals surface area (Å²) in [5.74, 6) is 2.45. The number of hydrogen-bond acceptors (Lipinski definition) is 4. The van der Waals surface area contributed by atoms with E-state index >= 15 is 0 Å². The lowest BCUT2D eigenvalue weighted by atomic mass is 10.0. The summed E-state index contributed by atoms with van der Waals surface area (Å²) < 4.78 is 0. The van der Waals surface area contributed by atoms with Crippen molar-refractivity contribution in [3.05, 3.63) is 30.1 Å². The zero-order valence-corrected chi connectivity index (χ0v) is 12.1. The molecule has 0 aromatic carbocycles. The molecule has 2 unspecified atom stereocenters. The highest BCUT2D eigenvalue weighted by Gasteiger charge is 2.28. The first-order valence-electron chi connectivity index (χ1n) is 6.74. The number of nitrogens with one attached hydrogen (secondary N) is 1. The van der Waals surface area contributed by atoms with Gasteiger partial charge in [0.2, 0.25) is 0 Å². The smallest absolute Gasteiger partial charge is 0.0501 e. The van der Waals surface area contributed by atoms with Crippen molar-refractivity contribution in [1.82, 2.24) is 15.2 Å². The van der Waals surface area contributed by atoms with Gasteiger partial charge in [-0.1, -0.05) is 13.0 Å². The monoisotopic (exact) mass is 265 g/mol. The summed E-state index contributed by atoms with van der Waals surface area (Å²) in [6.45, 7) is 4.46. The molecule has 1 aliphatic heterocycles. The van der Waals surface area contributed by atoms with Gasteiger partial charge in [0.1, 0.15) is 0 Å². The molecule has 0 spiro atoms. The molecule has 2 atom stereocenters. The number of aromatic nitrogens is 1. The topological polar surface area (TPSA) is 28.2 Å². The molecule has 0 radical (unpaired) electrons. The highest BCUT2D eigenvalue weighted by molar-refractivity contribution is 7.99. The first-order chi connectivity index (χ1) is 8.83. The molecule has 4 heteroatoms. The van der Waals surface area contributed by atoms with Gasteiger partial charge in [0.25, 0.3) is 0 Å². The van der Waals surface area contributed by atoms with Crippen LogP contribution in [-0.4, -0.2) is 47.6 Å². The van der Waals surface area contributed by atoms with Gasteiger partial charge in [-0.2, -0.15) is 11.8 Å². The second-order valence-corrected chi connectivity index (χ2v) is 5.99. The molecular weight excluding hydrogens is 242 g/mol. The number of pyridine rings is 1. The van der Waals surface area contributed by atoms with E-state index in [2.05, 4.69) is 47.0 Å². The summed E-state index contributed by atoms with van der Waals surface area (Å²) >= 11 is 2.06. The fraction of sp³-hybridized carbons (Fsp3) is 0.643. The van der Waals surface area contributed by atoms with E-state index in [9.17, 15) is 0 Å². The van der Waals surface area contributed by atoms with Crippen LogP contribution in [0.1, 0.15) is 24.9 Å². The van der Waals surface area contributed by atoms with Crippen molar-refractivity contribution in [3.8, 4) is 0 Å². The summed E-state index contributed by atoms with van der Waals surface area (Å²) in [5.41, 5.74) is 1.31. The molecular formula is C14H23N3S. The van der Waals surface area contributed by atoms with E-state index in [4.69, 9.17) is 0 Å². The Bertz CT molecular complexity index is 344. The van der Waals surface area contributed by atoms with Gasteiger partial charge < -0.3 is 5.32 Å². The van der Waals surface area contributed by atoms with Gasteiger partial charge in [0, 0.05) is 36.5 Å². The van der Waals surface area contributed by atoms with Crippen molar-refractivity contribution in [2.45, 2.75) is 25.4 Å². The molecule has 1 saturated heterocycles. The Morgan fingerprint density at radius 2 is 2.50 bits per heavy atom. The molecule has 2 heterocycles. The van der Waals surface area contributed by atoms with Crippen LogP contribution in [0.5, 0.6) is 0 Å². The molecule has 3 nitrogen and oxygen atoms in total. The third-order valence-corrected chi connectivity index (χ3v) is 4.53. The van der Waals surface area contributed by atoms with E-state index in [0.717, 1.165) is 6.54 Å². The summed E-state index contributed by atoms with van der Waals surface area (Å²) in [6, 6.07) is 5.19. The van der Waals surface area contributed by atoms with E-state index in [1.807, 2.05) is 18.5 Å². The van der Waals surface area contributed by atoms with Crippen molar-refractivity contribution in [1.29, 1.82) is 0 Å². The molecule has 0 bridgehead atoms. The maximum Gasteiger partial charge on any atom is 0.0501 e. The predicted octanol–water partition coefficient (Wildman–Crippen LogP) is 2.17. The molecule has 18 heavy (non-hydrogen) atoms. The Kier molecular flexibility index (Phi) is 5.47. The van der Waals surface area contributed by atoms with Gasteiger partial charge in [-0.05, 0) is 31.6 Å². The molecule has 0 amide bonds. The molecule has 100 valence electrons. The average Bonchev–Trinajstić information content (AvgIpc) is 2.42. The maximum absolute atomic E-state index is 4.27. The first-order valence-corrected chi connectivity index (χ1v) is 7.89. The summed E-state index contributed by atoms with van der Waals surface area (Å²) in [5, 5.41) is 3.69. The Morgan fingerprint density at radius 3 is 3.17 bits per heavy atom. The molecule has 1 N–H and O–H groups in total. The minimum Gasteiger partial charge on any atom is -0.309 e. The third-order valence-electron chi connectivity index (χ3n) is 3.49. The molecule has 1 aromatic heterocycles. The highest BCUT2D eigenvalue weighted by atomic mass is 32.2. The van der Waals surface area contributed by atoms with Gasteiger partial charge in [-0.25, -0.2) is 0 Å². The number of thioether (sulfide) groups is 1.